The highest BCUT2D eigenvalue weighted by molar-refractivity contribution is 6.31. The molecule has 4 rings (SSSR count). The minimum Gasteiger partial charge on any atom is -0.459 e. The maximum Gasteiger partial charge on any atom is 0.287 e. The highest BCUT2D eigenvalue weighted by Crippen LogP contribution is 2.20. The van der Waals surface area contributed by atoms with Crippen LogP contribution in [0.4, 0.5) is 0 Å². The van der Waals surface area contributed by atoms with Crippen LogP contribution in [0.3, 0.4) is 0 Å². The Morgan fingerprint density at radius 1 is 1.21 bits per heavy atom. The molecule has 146 valence electrons. The van der Waals surface area contributed by atoms with E-state index in [2.05, 4.69) is 31.0 Å². The zero-order valence-electron chi connectivity index (χ0n) is 15.6. The number of hydrogen-bond acceptors (Lipinski definition) is 5. The molecule has 8 heteroatoms. The van der Waals surface area contributed by atoms with E-state index in [-0.39, 0.29) is 17.7 Å². The molecule has 1 atom stereocenters. The molecule has 0 fully saturated rings. The predicted octanol–water partition coefficient (Wildman–Crippen LogP) is 3.07. The molecule has 1 aliphatic heterocycles. The average Bonchev–Trinajstić information content (AvgIpc) is 3.32. The molecule has 0 unspecified atom stereocenters. The fourth-order valence-electron chi connectivity index (χ4n) is 3.48. The van der Waals surface area contributed by atoms with Gasteiger partial charge >= 0.3 is 0 Å². The van der Waals surface area contributed by atoms with Gasteiger partial charge in [-0.25, -0.2) is 0 Å². The molecule has 0 bridgehead atoms. The Hall–Kier alpha value is -2.64. The second-order valence-electron chi connectivity index (χ2n) is 6.92. The molecule has 28 heavy (non-hydrogen) atoms. The number of fused-ring (bicyclic) bond motifs is 1. The first-order valence-electron chi connectivity index (χ1n) is 9.34. The number of carbonyl (C=O) groups is 1. The smallest absolute Gasteiger partial charge is 0.287 e. The van der Waals surface area contributed by atoms with Gasteiger partial charge in [-0.3, -0.25) is 9.69 Å². The second kappa shape index (κ2) is 8.16. The second-order valence-corrected chi connectivity index (χ2v) is 7.32. The third-order valence-corrected chi connectivity index (χ3v) is 5.35. The lowest BCUT2D eigenvalue weighted by molar-refractivity contribution is 0.0909. The van der Waals surface area contributed by atoms with Gasteiger partial charge in [0.2, 0.25) is 0 Å². The van der Waals surface area contributed by atoms with Crippen LogP contribution in [0.1, 0.15) is 40.7 Å². The quantitative estimate of drug-likeness (QED) is 0.713. The van der Waals surface area contributed by atoms with Crippen molar-refractivity contribution in [1.29, 1.82) is 0 Å². The van der Waals surface area contributed by atoms with E-state index in [0.29, 0.717) is 0 Å². The molecule has 1 aromatic carbocycles. The van der Waals surface area contributed by atoms with Crippen LogP contribution in [0.15, 0.2) is 47.1 Å². The Kier molecular flexibility index (Phi) is 5.45. The molecular weight excluding hydrogens is 378 g/mol. The standard InChI is InChI=1S/C20H22ClN5O2/c1-14(22-20(27)17-7-4-12-28-17)19-24-23-18-8-9-25(10-11-26(18)19)13-15-5-2-3-6-16(15)21/h2-7,12,14H,8-11,13H2,1H3,(H,22,27)/t14-/m0/s1. The highest BCUT2D eigenvalue weighted by Gasteiger charge is 2.23. The molecule has 7 nitrogen and oxygen atoms in total. The van der Waals surface area contributed by atoms with Crippen LogP contribution in [0.5, 0.6) is 0 Å². The highest BCUT2D eigenvalue weighted by atomic mass is 35.5. The van der Waals surface area contributed by atoms with Gasteiger partial charge in [0.05, 0.1) is 12.3 Å². The number of benzene rings is 1. The molecule has 0 saturated heterocycles. The number of furan rings is 1. The summed E-state index contributed by atoms with van der Waals surface area (Å²) in [6, 6.07) is 11.0. The Labute approximate surface area is 168 Å². The number of nitrogens with zero attached hydrogens (tertiary/aromatic N) is 4. The van der Waals surface area contributed by atoms with Gasteiger partial charge in [-0.15, -0.1) is 10.2 Å². The summed E-state index contributed by atoms with van der Waals surface area (Å²) in [5.74, 6) is 1.72. The van der Waals surface area contributed by atoms with E-state index >= 15 is 0 Å². The molecule has 3 aromatic rings. The van der Waals surface area contributed by atoms with Crippen molar-refractivity contribution in [1.82, 2.24) is 25.0 Å². The fourth-order valence-corrected chi connectivity index (χ4v) is 3.67. The van der Waals surface area contributed by atoms with Crippen molar-refractivity contribution in [2.75, 3.05) is 13.1 Å². The molecule has 1 N–H and O–H groups in total. The number of halogens is 1. The van der Waals surface area contributed by atoms with E-state index in [1.165, 1.54) is 6.26 Å². The van der Waals surface area contributed by atoms with Crippen LogP contribution in [0.25, 0.3) is 0 Å². The molecule has 0 radical (unpaired) electrons. The van der Waals surface area contributed by atoms with Crippen molar-refractivity contribution < 1.29 is 9.21 Å². The van der Waals surface area contributed by atoms with Crippen molar-refractivity contribution in [3.05, 3.63) is 70.7 Å². The van der Waals surface area contributed by atoms with E-state index in [9.17, 15) is 4.79 Å². The van der Waals surface area contributed by atoms with Gasteiger partial charge in [-0.1, -0.05) is 29.8 Å². The van der Waals surface area contributed by atoms with Crippen LogP contribution < -0.4 is 5.32 Å². The summed E-state index contributed by atoms with van der Waals surface area (Å²) in [4.78, 5) is 14.6. The van der Waals surface area contributed by atoms with Crippen molar-refractivity contribution >= 4 is 17.5 Å². The summed E-state index contributed by atoms with van der Waals surface area (Å²) in [6.07, 6.45) is 2.28. The largest absolute Gasteiger partial charge is 0.459 e. The lowest BCUT2D eigenvalue weighted by Gasteiger charge is -2.20. The Balaban J connectivity index is 1.43. The maximum atomic E-state index is 12.3. The number of rotatable bonds is 5. The number of hydrogen-bond donors (Lipinski definition) is 1. The zero-order valence-corrected chi connectivity index (χ0v) is 16.4. The van der Waals surface area contributed by atoms with Crippen LogP contribution >= 0.6 is 11.6 Å². The Bertz CT molecular complexity index is 953. The number of aromatic nitrogens is 3. The SMILES string of the molecule is C[C@H](NC(=O)c1ccco1)c1nnc2n1CCN(Cc1ccccc1Cl)CC2. The molecule has 1 amide bonds. The number of amides is 1. The van der Waals surface area contributed by atoms with Gasteiger partial charge in [0.15, 0.2) is 11.6 Å². The summed E-state index contributed by atoms with van der Waals surface area (Å²) in [6.45, 7) is 5.23. The topological polar surface area (TPSA) is 76.2 Å². The van der Waals surface area contributed by atoms with E-state index in [0.717, 1.165) is 54.8 Å². The van der Waals surface area contributed by atoms with Crippen molar-refractivity contribution in [2.45, 2.75) is 32.5 Å². The molecular formula is C20H22ClN5O2. The summed E-state index contributed by atoms with van der Waals surface area (Å²) >= 11 is 6.31. The monoisotopic (exact) mass is 399 g/mol. The predicted molar refractivity (Wildman–Crippen MR) is 105 cm³/mol. The van der Waals surface area contributed by atoms with Crippen molar-refractivity contribution in [2.24, 2.45) is 0 Å². The van der Waals surface area contributed by atoms with Crippen LogP contribution in [-0.4, -0.2) is 38.7 Å². The minimum absolute atomic E-state index is 0.260. The first-order valence-corrected chi connectivity index (χ1v) is 9.71. The lowest BCUT2D eigenvalue weighted by atomic mass is 10.2. The van der Waals surface area contributed by atoms with Crippen LogP contribution in [0.2, 0.25) is 5.02 Å². The van der Waals surface area contributed by atoms with Gasteiger partial charge in [-0.2, -0.15) is 0 Å². The minimum atomic E-state index is -0.269. The summed E-state index contributed by atoms with van der Waals surface area (Å²) < 4.78 is 7.26. The molecule has 0 saturated carbocycles. The lowest BCUT2D eigenvalue weighted by Crippen LogP contribution is -2.30. The van der Waals surface area contributed by atoms with Gasteiger partial charge in [0.1, 0.15) is 5.82 Å². The molecule has 0 spiro atoms. The maximum absolute atomic E-state index is 12.3. The van der Waals surface area contributed by atoms with E-state index in [1.54, 1.807) is 12.1 Å². The van der Waals surface area contributed by atoms with Gasteiger partial charge in [-0.05, 0) is 30.7 Å². The molecule has 2 aromatic heterocycles. The Morgan fingerprint density at radius 3 is 2.86 bits per heavy atom. The molecule has 1 aliphatic rings. The molecule has 0 aliphatic carbocycles. The fraction of sp³-hybridized carbons (Fsp3) is 0.350. The average molecular weight is 400 g/mol. The Morgan fingerprint density at radius 2 is 2.07 bits per heavy atom. The van der Waals surface area contributed by atoms with Gasteiger partial charge < -0.3 is 14.3 Å². The summed E-state index contributed by atoms with van der Waals surface area (Å²) in [5, 5.41) is 12.4. The van der Waals surface area contributed by atoms with Gasteiger partial charge in [0, 0.05) is 37.6 Å². The van der Waals surface area contributed by atoms with E-state index < -0.39 is 0 Å². The van der Waals surface area contributed by atoms with Crippen molar-refractivity contribution in [3.63, 3.8) is 0 Å². The van der Waals surface area contributed by atoms with E-state index in [4.69, 9.17) is 16.0 Å². The summed E-state index contributed by atoms with van der Waals surface area (Å²) in [7, 11) is 0. The first-order chi connectivity index (χ1) is 13.6. The normalized spacial score (nSPS) is 15.6. The molecule has 3 heterocycles. The van der Waals surface area contributed by atoms with Crippen LogP contribution in [-0.2, 0) is 19.5 Å². The zero-order chi connectivity index (χ0) is 19.5. The first kappa shape index (κ1) is 18.7. The third kappa shape index (κ3) is 3.95. The number of carbonyl (C=O) groups excluding carboxylic acids is 1. The van der Waals surface area contributed by atoms with Gasteiger partial charge in [0.25, 0.3) is 5.91 Å². The van der Waals surface area contributed by atoms with Crippen molar-refractivity contribution in [3.8, 4) is 0 Å². The van der Waals surface area contributed by atoms with Crippen LogP contribution in [0, 0.1) is 0 Å². The number of nitrogens with one attached hydrogen (secondary N) is 1. The third-order valence-electron chi connectivity index (χ3n) is 4.98. The van der Waals surface area contributed by atoms with E-state index in [1.807, 2.05) is 25.1 Å². The summed E-state index contributed by atoms with van der Waals surface area (Å²) in [5.41, 5.74) is 1.13.